The lowest BCUT2D eigenvalue weighted by molar-refractivity contribution is 0.112. The molecule has 0 fully saturated rings. The van der Waals surface area contributed by atoms with E-state index in [0.29, 0.717) is 5.56 Å². The molecule has 1 aromatic carbocycles. The molecule has 0 aliphatic carbocycles. The average Bonchev–Trinajstić information content (AvgIpc) is 2.17. The van der Waals surface area contributed by atoms with E-state index >= 15 is 0 Å². The van der Waals surface area contributed by atoms with Crippen LogP contribution in [0.4, 0.5) is 0 Å². The summed E-state index contributed by atoms with van der Waals surface area (Å²) in [6.45, 7) is 2.02. The van der Waals surface area contributed by atoms with Gasteiger partial charge >= 0.3 is 0 Å². The number of thiocarbonyl (C=S) groups is 1. The maximum atomic E-state index is 10.3. The van der Waals surface area contributed by atoms with Gasteiger partial charge in [-0.05, 0) is 12.0 Å². The van der Waals surface area contributed by atoms with E-state index in [-0.39, 0.29) is 0 Å². The van der Waals surface area contributed by atoms with E-state index in [2.05, 4.69) is 0 Å². The Bertz CT molecular complexity index is 287. The van der Waals surface area contributed by atoms with Crippen molar-refractivity contribution >= 4 is 23.4 Å². The Morgan fingerprint density at radius 1 is 1.42 bits per heavy atom. The topological polar surface area (TPSA) is 17.1 Å². The lowest BCUT2D eigenvalue weighted by Crippen LogP contribution is -1.94. The third-order valence-corrected chi connectivity index (χ3v) is 2.21. The molecule has 0 atom stereocenters. The quantitative estimate of drug-likeness (QED) is 0.402. The minimum Gasteiger partial charge on any atom is -0.298 e. The highest BCUT2D eigenvalue weighted by Crippen LogP contribution is 2.06. The van der Waals surface area contributed by atoms with Gasteiger partial charge in [-0.15, -0.1) is 0 Å². The van der Waals surface area contributed by atoms with Crippen molar-refractivity contribution in [3.8, 4) is 0 Å². The Hall–Kier alpha value is -1.02. The summed E-state index contributed by atoms with van der Waals surface area (Å²) >= 11 is 5.11. The van der Waals surface area contributed by atoms with Gasteiger partial charge in [0.2, 0.25) is 0 Å². The van der Waals surface area contributed by atoms with Gasteiger partial charge in [0.25, 0.3) is 0 Å². The van der Waals surface area contributed by atoms with Crippen LogP contribution in [0.1, 0.15) is 29.3 Å². The Labute approximate surface area is 77.4 Å². The predicted octanol–water partition coefficient (Wildman–Crippen LogP) is 2.63. The summed E-state index contributed by atoms with van der Waals surface area (Å²) in [7, 11) is 0. The zero-order chi connectivity index (χ0) is 8.97. The number of carbonyl (C=O) groups excluding carboxylic acids is 1. The SMILES string of the molecule is CCC(=S)c1ccc(C=O)cc1. The molecule has 1 aromatic rings. The number of rotatable bonds is 3. The third kappa shape index (κ3) is 1.98. The van der Waals surface area contributed by atoms with Crippen LogP contribution >= 0.6 is 12.2 Å². The summed E-state index contributed by atoms with van der Waals surface area (Å²) in [6.07, 6.45) is 1.70. The molecule has 0 aliphatic rings. The van der Waals surface area contributed by atoms with Crippen molar-refractivity contribution in [1.82, 2.24) is 0 Å². The van der Waals surface area contributed by atoms with Crippen molar-refractivity contribution in [2.24, 2.45) is 0 Å². The van der Waals surface area contributed by atoms with Gasteiger partial charge in [0.05, 0.1) is 0 Å². The van der Waals surface area contributed by atoms with E-state index in [1.165, 1.54) is 0 Å². The molecule has 0 N–H and O–H groups in total. The fourth-order valence-corrected chi connectivity index (χ4v) is 1.09. The number of hydrogen-bond acceptors (Lipinski definition) is 2. The molecule has 0 aliphatic heterocycles. The molecule has 1 rings (SSSR count). The highest BCUT2D eigenvalue weighted by atomic mass is 32.1. The summed E-state index contributed by atoms with van der Waals surface area (Å²) in [4.78, 5) is 11.3. The summed E-state index contributed by atoms with van der Waals surface area (Å²) in [5, 5.41) is 0. The van der Waals surface area contributed by atoms with Crippen molar-refractivity contribution in [3.05, 3.63) is 35.4 Å². The molecular weight excluding hydrogens is 168 g/mol. The first kappa shape index (κ1) is 9.07. The van der Waals surface area contributed by atoms with Crippen LogP contribution in [-0.4, -0.2) is 11.2 Å². The molecule has 0 bridgehead atoms. The van der Waals surface area contributed by atoms with Crippen LogP contribution < -0.4 is 0 Å². The fourth-order valence-electron chi connectivity index (χ4n) is 0.952. The molecule has 0 saturated carbocycles. The molecule has 0 amide bonds. The Balaban J connectivity index is 2.91. The van der Waals surface area contributed by atoms with E-state index in [9.17, 15) is 4.79 Å². The smallest absolute Gasteiger partial charge is 0.150 e. The second-order valence-corrected chi connectivity index (χ2v) is 3.01. The maximum absolute atomic E-state index is 10.3. The minimum absolute atomic E-state index is 0.692. The molecule has 0 saturated heterocycles. The molecular formula is C10H10OS. The molecule has 0 spiro atoms. The molecule has 0 heterocycles. The van der Waals surface area contributed by atoms with Crippen LogP contribution in [0.2, 0.25) is 0 Å². The van der Waals surface area contributed by atoms with Crippen LogP contribution in [-0.2, 0) is 0 Å². The first-order chi connectivity index (χ1) is 5.77. The van der Waals surface area contributed by atoms with Crippen LogP contribution in [0.15, 0.2) is 24.3 Å². The Morgan fingerprint density at radius 2 is 2.00 bits per heavy atom. The highest BCUT2D eigenvalue weighted by Gasteiger charge is 1.97. The summed E-state index contributed by atoms with van der Waals surface area (Å²) in [5.74, 6) is 0. The number of benzene rings is 1. The normalized spacial score (nSPS) is 9.42. The second kappa shape index (κ2) is 4.12. The molecule has 0 aromatic heterocycles. The van der Waals surface area contributed by atoms with E-state index < -0.39 is 0 Å². The lowest BCUT2D eigenvalue weighted by Gasteiger charge is -1.99. The standard InChI is InChI=1S/C10H10OS/c1-2-10(12)9-5-3-8(7-11)4-6-9/h3-7H,2H2,1H3. The molecule has 12 heavy (non-hydrogen) atoms. The van der Waals surface area contributed by atoms with Gasteiger partial charge in [-0.25, -0.2) is 0 Å². The van der Waals surface area contributed by atoms with Crippen molar-refractivity contribution in [3.63, 3.8) is 0 Å². The van der Waals surface area contributed by atoms with Gasteiger partial charge < -0.3 is 0 Å². The number of carbonyl (C=O) groups is 1. The van der Waals surface area contributed by atoms with E-state index in [0.717, 1.165) is 23.1 Å². The van der Waals surface area contributed by atoms with Crippen LogP contribution in [0.25, 0.3) is 0 Å². The molecule has 62 valence electrons. The molecule has 2 heteroatoms. The minimum atomic E-state index is 0.692. The zero-order valence-electron chi connectivity index (χ0n) is 6.91. The van der Waals surface area contributed by atoms with Crippen LogP contribution in [0.5, 0.6) is 0 Å². The zero-order valence-corrected chi connectivity index (χ0v) is 7.73. The molecule has 0 unspecified atom stereocenters. The van der Waals surface area contributed by atoms with Gasteiger partial charge in [0, 0.05) is 10.4 Å². The largest absolute Gasteiger partial charge is 0.298 e. The van der Waals surface area contributed by atoms with Crippen molar-refractivity contribution in [2.75, 3.05) is 0 Å². The lowest BCUT2D eigenvalue weighted by atomic mass is 10.1. The van der Waals surface area contributed by atoms with E-state index in [4.69, 9.17) is 12.2 Å². The monoisotopic (exact) mass is 178 g/mol. The first-order valence-electron chi connectivity index (χ1n) is 3.86. The van der Waals surface area contributed by atoms with Crippen molar-refractivity contribution in [1.29, 1.82) is 0 Å². The van der Waals surface area contributed by atoms with Crippen LogP contribution in [0, 0.1) is 0 Å². The average molecular weight is 178 g/mol. The summed E-state index contributed by atoms with van der Waals surface area (Å²) in [5.41, 5.74) is 1.73. The van der Waals surface area contributed by atoms with Crippen molar-refractivity contribution in [2.45, 2.75) is 13.3 Å². The highest BCUT2D eigenvalue weighted by molar-refractivity contribution is 7.80. The number of aldehydes is 1. The van der Waals surface area contributed by atoms with E-state index in [1.54, 1.807) is 12.1 Å². The summed E-state index contributed by atoms with van der Waals surface area (Å²) < 4.78 is 0. The molecule has 0 radical (unpaired) electrons. The predicted molar refractivity (Wildman–Crippen MR) is 53.8 cm³/mol. The van der Waals surface area contributed by atoms with Gasteiger partial charge in [0.15, 0.2) is 0 Å². The Morgan fingerprint density at radius 3 is 2.42 bits per heavy atom. The molecule has 1 nitrogen and oxygen atoms in total. The van der Waals surface area contributed by atoms with E-state index in [1.807, 2.05) is 19.1 Å². The number of hydrogen-bond donors (Lipinski definition) is 0. The van der Waals surface area contributed by atoms with Gasteiger partial charge in [-0.3, -0.25) is 4.79 Å². The van der Waals surface area contributed by atoms with Crippen LogP contribution in [0.3, 0.4) is 0 Å². The Kier molecular flexibility index (Phi) is 3.11. The van der Waals surface area contributed by atoms with Gasteiger partial charge in [0.1, 0.15) is 6.29 Å². The van der Waals surface area contributed by atoms with Gasteiger partial charge in [-0.2, -0.15) is 0 Å². The first-order valence-corrected chi connectivity index (χ1v) is 4.27. The fraction of sp³-hybridized carbons (Fsp3) is 0.200. The third-order valence-electron chi connectivity index (χ3n) is 1.69. The maximum Gasteiger partial charge on any atom is 0.150 e. The van der Waals surface area contributed by atoms with Gasteiger partial charge in [-0.1, -0.05) is 43.4 Å². The summed E-state index contributed by atoms with van der Waals surface area (Å²) in [6, 6.07) is 7.33. The second-order valence-electron chi connectivity index (χ2n) is 2.52. The van der Waals surface area contributed by atoms with Crippen molar-refractivity contribution < 1.29 is 4.79 Å².